The summed E-state index contributed by atoms with van der Waals surface area (Å²) in [7, 11) is 0. The van der Waals surface area contributed by atoms with Crippen molar-refractivity contribution in [2.45, 2.75) is 12.0 Å². The molecule has 3 aromatic rings. The summed E-state index contributed by atoms with van der Waals surface area (Å²) in [5.41, 5.74) is 0.302. The summed E-state index contributed by atoms with van der Waals surface area (Å²) in [5.74, 6) is -1.88. The fraction of sp³-hybridized carbons (Fsp3) is 0.174. The number of nitrogens with one attached hydrogen (secondary N) is 2. The maximum absolute atomic E-state index is 14.2. The number of fused-ring (bicyclic) bond motifs is 3. The van der Waals surface area contributed by atoms with E-state index in [0.29, 0.717) is 0 Å². The van der Waals surface area contributed by atoms with Crippen molar-refractivity contribution in [3.05, 3.63) is 77.2 Å². The van der Waals surface area contributed by atoms with Crippen LogP contribution in [0.2, 0.25) is 0 Å². The van der Waals surface area contributed by atoms with Gasteiger partial charge in [0.05, 0.1) is 18.4 Å². The SMILES string of the molecule is N#Cc1ccc(F)cc1Oc1ccc(NC(=O)NC2[C@H]3COc4c(F)ccc(F)c4[C@@H]23)nc1. The molecule has 2 aromatic carbocycles. The summed E-state index contributed by atoms with van der Waals surface area (Å²) < 4.78 is 52.4. The monoisotopic (exact) mass is 452 g/mol. The van der Waals surface area contributed by atoms with E-state index < -0.39 is 29.5 Å². The zero-order valence-electron chi connectivity index (χ0n) is 16.8. The number of benzene rings is 2. The molecule has 5 rings (SSSR count). The van der Waals surface area contributed by atoms with Crippen LogP contribution in [0.5, 0.6) is 17.2 Å². The molecule has 1 aromatic heterocycles. The Kier molecular flexibility index (Phi) is 5.01. The molecule has 0 radical (unpaired) electrons. The Morgan fingerprint density at radius 1 is 1.15 bits per heavy atom. The van der Waals surface area contributed by atoms with Gasteiger partial charge in [-0.15, -0.1) is 0 Å². The molecule has 2 heterocycles. The van der Waals surface area contributed by atoms with Crippen LogP contribution in [0.4, 0.5) is 23.8 Å². The second-order valence-corrected chi connectivity index (χ2v) is 7.63. The van der Waals surface area contributed by atoms with Gasteiger partial charge in [0, 0.05) is 29.5 Å². The number of amides is 2. The number of urea groups is 1. The molecule has 2 aliphatic rings. The average Bonchev–Trinajstić information content (AvgIpc) is 3.50. The second kappa shape index (κ2) is 8.02. The third-order valence-electron chi connectivity index (χ3n) is 5.58. The number of carbonyl (C=O) groups is 1. The zero-order chi connectivity index (χ0) is 23.1. The highest BCUT2D eigenvalue weighted by atomic mass is 19.1. The average molecular weight is 452 g/mol. The van der Waals surface area contributed by atoms with Crippen molar-refractivity contribution in [2.75, 3.05) is 11.9 Å². The second-order valence-electron chi connectivity index (χ2n) is 7.63. The van der Waals surface area contributed by atoms with Crippen LogP contribution >= 0.6 is 0 Å². The molecule has 1 unspecified atom stereocenters. The minimum atomic E-state index is -0.633. The van der Waals surface area contributed by atoms with Crippen LogP contribution in [0.25, 0.3) is 0 Å². The smallest absolute Gasteiger partial charge is 0.320 e. The van der Waals surface area contributed by atoms with Crippen LogP contribution in [0.3, 0.4) is 0 Å². The molecule has 3 atom stereocenters. The zero-order valence-corrected chi connectivity index (χ0v) is 16.8. The number of nitriles is 1. The van der Waals surface area contributed by atoms with Gasteiger partial charge in [0.25, 0.3) is 0 Å². The van der Waals surface area contributed by atoms with Crippen molar-refractivity contribution in [3.63, 3.8) is 0 Å². The van der Waals surface area contributed by atoms with E-state index in [-0.39, 0.29) is 52.6 Å². The van der Waals surface area contributed by atoms with E-state index in [4.69, 9.17) is 14.7 Å². The summed E-state index contributed by atoms with van der Waals surface area (Å²) in [5, 5.41) is 14.4. The van der Waals surface area contributed by atoms with Crippen LogP contribution in [0, 0.1) is 34.7 Å². The first kappa shape index (κ1) is 20.6. The fourth-order valence-corrected chi connectivity index (χ4v) is 3.98. The number of halogens is 3. The molecule has 7 nitrogen and oxygen atoms in total. The fourth-order valence-electron chi connectivity index (χ4n) is 3.98. The predicted molar refractivity (Wildman–Crippen MR) is 109 cm³/mol. The first-order valence-electron chi connectivity index (χ1n) is 9.96. The Morgan fingerprint density at radius 2 is 1.97 bits per heavy atom. The third kappa shape index (κ3) is 3.89. The highest BCUT2D eigenvalue weighted by Gasteiger charge is 2.57. The normalized spacial score (nSPS) is 19.9. The van der Waals surface area contributed by atoms with Crippen molar-refractivity contribution < 1.29 is 27.4 Å². The molecule has 0 bridgehead atoms. The van der Waals surface area contributed by atoms with Crippen molar-refractivity contribution >= 4 is 11.8 Å². The maximum Gasteiger partial charge on any atom is 0.320 e. The predicted octanol–water partition coefficient (Wildman–Crippen LogP) is 4.46. The van der Waals surface area contributed by atoms with E-state index in [1.54, 1.807) is 0 Å². The number of hydrogen-bond donors (Lipinski definition) is 2. The van der Waals surface area contributed by atoms with Gasteiger partial charge in [-0.1, -0.05) is 0 Å². The van der Waals surface area contributed by atoms with Gasteiger partial charge in [0.2, 0.25) is 0 Å². The van der Waals surface area contributed by atoms with E-state index in [0.717, 1.165) is 24.3 Å². The van der Waals surface area contributed by atoms with Gasteiger partial charge in [-0.3, -0.25) is 5.32 Å². The van der Waals surface area contributed by atoms with Crippen molar-refractivity contribution in [2.24, 2.45) is 5.92 Å². The molecule has 10 heteroatoms. The van der Waals surface area contributed by atoms with Crippen LogP contribution in [-0.2, 0) is 0 Å². The van der Waals surface area contributed by atoms with Gasteiger partial charge in [-0.25, -0.2) is 22.9 Å². The standard InChI is InChI=1S/C23H15F3N4O3/c24-12-2-1-11(8-27)17(7-12)33-13-3-6-18(28-9-13)29-23(31)30-21-14-10-32-22-16(26)5-4-15(25)20(22)19(14)21/h1-7,9,14,19,21H,10H2,(H2,28,29,30,31)/t14-,19-,21?/m0/s1. The highest BCUT2D eigenvalue weighted by molar-refractivity contribution is 5.89. The third-order valence-corrected chi connectivity index (χ3v) is 5.58. The molecule has 0 saturated heterocycles. The summed E-state index contributed by atoms with van der Waals surface area (Å²) >= 11 is 0. The highest BCUT2D eigenvalue weighted by Crippen LogP contribution is 2.55. The number of nitrogens with zero attached hydrogens (tertiary/aromatic N) is 2. The van der Waals surface area contributed by atoms with Crippen LogP contribution in [0.1, 0.15) is 17.0 Å². The topological polar surface area (TPSA) is 96.3 Å². The number of rotatable bonds is 4. The molecule has 1 saturated carbocycles. The molecule has 0 spiro atoms. The Morgan fingerprint density at radius 3 is 2.73 bits per heavy atom. The lowest BCUT2D eigenvalue weighted by Crippen LogP contribution is -2.32. The maximum atomic E-state index is 14.2. The summed E-state index contributed by atoms with van der Waals surface area (Å²) in [6.45, 7) is 0.179. The lowest BCUT2D eigenvalue weighted by Gasteiger charge is -2.16. The van der Waals surface area contributed by atoms with E-state index in [1.807, 2.05) is 6.07 Å². The van der Waals surface area contributed by atoms with Gasteiger partial charge in [0.1, 0.15) is 35.0 Å². The number of aromatic nitrogens is 1. The van der Waals surface area contributed by atoms with Gasteiger partial charge in [0.15, 0.2) is 11.6 Å². The summed E-state index contributed by atoms with van der Waals surface area (Å²) in [4.78, 5) is 16.5. The minimum absolute atomic E-state index is 0.0419. The Labute approximate surface area is 185 Å². The summed E-state index contributed by atoms with van der Waals surface area (Å²) in [6.07, 6.45) is 1.31. The van der Waals surface area contributed by atoms with Crippen LogP contribution < -0.4 is 20.1 Å². The Bertz CT molecular complexity index is 1290. The van der Waals surface area contributed by atoms with Crippen molar-refractivity contribution in [1.82, 2.24) is 10.3 Å². The first-order valence-corrected chi connectivity index (χ1v) is 9.96. The van der Waals surface area contributed by atoms with E-state index in [9.17, 15) is 18.0 Å². The molecule has 166 valence electrons. The van der Waals surface area contributed by atoms with E-state index in [1.165, 1.54) is 24.4 Å². The first-order chi connectivity index (χ1) is 15.9. The molecule has 2 amide bonds. The molecular formula is C23H15F3N4O3. The lowest BCUT2D eigenvalue weighted by molar-refractivity contribution is 0.247. The number of hydrogen-bond acceptors (Lipinski definition) is 5. The van der Waals surface area contributed by atoms with Crippen molar-refractivity contribution in [3.8, 4) is 23.3 Å². The van der Waals surface area contributed by atoms with Crippen LogP contribution in [0.15, 0.2) is 48.7 Å². The summed E-state index contributed by atoms with van der Waals surface area (Å²) in [6, 6.07) is 9.51. The van der Waals surface area contributed by atoms with Crippen LogP contribution in [-0.4, -0.2) is 23.7 Å². The molecule has 1 fully saturated rings. The van der Waals surface area contributed by atoms with E-state index >= 15 is 0 Å². The van der Waals surface area contributed by atoms with E-state index in [2.05, 4.69) is 15.6 Å². The minimum Gasteiger partial charge on any atom is -0.490 e. The molecule has 1 aliphatic carbocycles. The largest absolute Gasteiger partial charge is 0.490 e. The number of pyridine rings is 1. The number of anilines is 1. The molecule has 1 aliphatic heterocycles. The van der Waals surface area contributed by atoms with Crippen molar-refractivity contribution in [1.29, 1.82) is 5.26 Å². The molecular weight excluding hydrogens is 437 g/mol. The quantitative estimate of drug-likeness (QED) is 0.610. The van der Waals surface area contributed by atoms with Gasteiger partial charge < -0.3 is 14.8 Å². The van der Waals surface area contributed by atoms with Gasteiger partial charge >= 0.3 is 6.03 Å². The Balaban J connectivity index is 1.22. The Hall–Kier alpha value is -4.26. The molecule has 33 heavy (non-hydrogen) atoms. The lowest BCUT2D eigenvalue weighted by atomic mass is 10.0. The van der Waals surface area contributed by atoms with Gasteiger partial charge in [-0.2, -0.15) is 5.26 Å². The number of ether oxygens (including phenoxy) is 2. The van der Waals surface area contributed by atoms with Gasteiger partial charge in [-0.05, 0) is 36.4 Å². The number of carbonyl (C=O) groups excluding carboxylic acids is 1. The molecule has 2 N–H and O–H groups in total.